The summed E-state index contributed by atoms with van der Waals surface area (Å²) in [5.41, 5.74) is -0.127. The molecule has 0 amide bonds. The summed E-state index contributed by atoms with van der Waals surface area (Å²) in [7, 11) is 0. The van der Waals surface area contributed by atoms with E-state index in [9.17, 15) is 19.6 Å². The first-order valence-electron chi connectivity index (χ1n) is 5.74. The molecule has 2 rings (SSSR count). The summed E-state index contributed by atoms with van der Waals surface area (Å²) in [6.07, 6.45) is 0.578. The summed E-state index contributed by atoms with van der Waals surface area (Å²) in [6.45, 7) is 1.52. The third-order valence-corrected chi connectivity index (χ3v) is 2.57. The standard InChI is InChI=1S/C13H11FN2O4/c1-8(17)10-3-2-6-15-13(10)20-12-5-4-9(14)7-11(12)16(18)19/h2-8,17H,1H3/t8-/m1/s1. The van der Waals surface area contributed by atoms with Crippen molar-refractivity contribution < 1.29 is 19.2 Å². The molecule has 0 spiro atoms. The third kappa shape index (κ3) is 2.89. The average Bonchev–Trinajstić information content (AvgIpc) is 2.41. The van der Waals surface area contributed by atoms with Crippen LogP contribution in [-0.4, -0.2) is 15.0 Å². The van der Waals surface area contributed by atoms with Gasteiger partial charge in [-0.2, -0.15) is 0 Å². The lowest BCUT2D eigenvalue weighted by atomic mass is 10.2. The number of nitro groups is 1. The van der Waals surface area contributed by atoms with Crippen molar-refractivity contribution in [2.24, 2.45) is 0 Å². The Bertz CT molecular complexity index is 646. The van der Waals surface area contributed by atoms with Crippen LogP contribution < -0.4 is 4.74 Å². The summed E-state index contributed by atoms with van der Waals surface area (Å²) in [6, 6.07) is 6.15. The summed E-state index contributed by atoms with van der Waals surface area (Å²) >= 11 is 0. The predicted octanol–water partition coefficient (Wildman–Crippen LogP) is 2.97. The van der Waals surface area contributed by atoms with Crippen LogP contribution in [0.25, 0.3) is 0 Å². The number of aliphatic hydroxyl groups excluding tert-OH is 1. The van der Waals surface area contributed by atoms with Crippen molar-refractivity contribution in [2.45, 2.75) is 13.0 Å². The molecule has 6 nitrogen and oxygen atoms in total. The molecular weight excluding hydrogens is 267 g/mol. The van der Waals surface area contributed by atoms with Crippen LogP contribution >= 0.6 is 0 Å². The molecular formula is C13H11FN2O4. The molecule has 1 heterocycles. The van der Waals surface area contributed by atoms with E-state index in [4.69, 9.17) is 4.74 Å². The van der Waals surface area contributed by atoms with Gasteiger partial charge in [0.25, 0.3) is 0 Å². The van der Waals surface area contributed by atoms with Crippen LogP contribution in [0.4, 0.5) is 10.1 Å². The number of nitro benzene ring substituents is 1. The SMILES string of the molecule is C[C@@H](O)c1cccnc1Oc1ccc(F)cc1[N+](=O)[O-]. The smallest absolute Gasteiger partial charge is 0.314 e. The minimum Gasteiger partial charge on any atom is -0.431 e. The molecule has 0 bridgehead atoms. The van der Waals surface area contributed by atoms with E-state index in [-0.39, 0.29) is 11.6 Å². The van der Waals surface area contributed by atoms with Crippen molar-refractivity contribution >= 4 is 5.69 Å². The Labute approximate surface area is 113 Å². The van der Waals surface area contributed by atoms with E-state index in [1.54, 1.807) is 12.1 Å². The lowest BCUT2D eigenvalue weighted by Gasteiger charge is -2.11. The van der Waals surface area contributed by atoms with Gasteiger partial charge in [0.05, 0.1) is 17.1 Å². The van der Waals surface area contributed by atoms with Gasteiger partial charge in [-0.1, -0.05) is 0 Å². The van der Waals surface area contributed by atoms with Crippen LogP contribution in [0, 0.1) is 15.9 Å². The molecule has 7 heteroatoms. The number of benzene rings is 1. The Morgan fingerprint density at radius 3 is 2.85 bits per heavy atom. The second-order valence-corrected chi connectivity index (χ2v) is 4.04. The maximum atomic E-state index is 13.0. The number of nitrogens with zero attached hydrogens (tertiary/aromatic N) is 2. The molecule has 1 aromatic carbocycles. The molecule has 1 aromatic heterocycles. The number of rotatable bonds is 4. The fourth-order valence-corrected chi connectivity index (χ4v) is 1.63. The summed E-state index contributed by atoms with van der Waals surface area (Å²) in [4.78, 5) is 14.0. The maximum Gasteiger partial charge on any atom is 0.314 e. The molecule has 1 atom stereocenters. The van der Waals surface area contributed by atoms with Gasteiger partial charge in [-0.25, -0.2) is 9.37 Å². The first-order valence-corrected chi connectivity index (χ1v) is 5.74. The van der Waals surface area contributed by atoms with Gasteiger partial charge in [-0.3, -0.25) is 10.1 Å². The van der Waals surface area contributed by atoms with E-state index in [1.165, 1.54) is 13.1 Å². The zero-order valence-corrected chi connectivity index (χ0v) is 10.5. The highest BCUT2D eigenvalue weighted by Crippen LogP contribution is 2.33. The number of aromatic nitrogens is 1. The lowest BCUT2D eigenvalue weighted by molar-refractivity contribution is -0.385. The van der Waals surface area contributed by atoms with Gasteiger partial charge in [0.2, 0.25) is 11.6 Å². The highest BCUT2D eigenvalue weighted by atomic mass is 19.1. The van der Waals surface area contributed by atoms with E-state index in [1.807, 2.05) is 0 Å². The maximum absolute atomic E-state index is 13.0. The van der Waals surface area contributed by atoms with Gasteiger partial charge < -0.3 is 9.84 Å². The van der Waals surface area contributed by atoms with Crippen LogP contribution in [0.3, 0.4) is 0 Å². The number of aliphatic hydroxyl groups is 1. The van der Waals surface area contributed by atoms with Crippen molar-refractivity contribution in [3.05, 3.63) is 58.0 Å². The largest absolute Gasteiger partial charge is 0.431 e. The Hall–Kier alpha value is -2.54. The minimum absolute atomic E-state index is 0.0391. The molecule has 0 saturated heterocycles. The first kappa shape index (κ1) is 13.9. The molecule has 1 N–H and O–H groups in total. The number of pyridine rings is 1. The van der Waals surface area contributed by atoms with Crippen LogP contribution in [0.1, 0.15) is 18.6 Å². The van der Waals surface area contributed by atoms with Crippen LogP contribution in [0.5, 0.6) is 11.6 Å². The Morgan fingerprint density at radius 1 is 1.45 bits per heavy atom. The van der Waals surface area contributed by atoms with E-state index in [0.717, 1.165) is 18.2 Å². The molecule has 0 fully saturated rings. The highest BCUT2D eigenvalue weighted by Gasteiger charge is 2.19. The minimum atomic E-state index is -0.849. The van der Waals surface area contributed by atoms with Crippen LogP contribution in [0.2, 0.25) is 0 Å². The second kappa shape index (κ2) is 5.62. The van der Waals surface area contributed by atoms with Gasteiger partial charge in [0.15, 0.2) is 0 Å². The summed E-state index contributed by atoms with van der Waals surface area (Å²) in [5, 5.41) is 20.5. The summed E-state index contributed by atoms with van der Waals surface area (Å²) < 4.78 is 18.4. The molecule has 0 aliphatic heterocycles. The zero-order chi connectivity index (χ0) is 14.7. The van der Waals surface area contributed by atoms with E-state index in [0.29, 0.717) is 5.56 Å². The van der Waals surface area contributed by atoms with Gasteiger partial charge in [-0.15, -0.1) is 0 Å². The molecule has 20 heavy (non-hydrogen) atoms. The molecule has 0 aliphatic rings. The molecule has 0 saturated carbocycles. The fourth-order valence-electron chi connectivity index (χ4n) is 1.63. The Balaban J connectivity index is 2.43. The van der Waals surface area contributed by atoms with E-state index < -0.39 is 22.5 Å². The van der Waals surface area contributed by atoms with Crippen molar-refractivity contribution in [3.63, 3.8) is 0 Å². The quantitative estimate of drug-likeness (QED) is 0.686. The zero-order valence-electron chi connectivity index (χ0n) is 10.5. The average molecular weight is 278 g/mol. The molecule has 2 aromatic rings. The van der Waals surface area contributed by atoms with Crippen molar-refractivity contribution in [3.8, 4) is 11.6 Å². The second-order valence-electron chi connectivity index (χ2n) is 4.04. The van der Waals surface area contributed by atoms with E-state index in [2.05, 4.69) is 4.98 Å². The molecule has 104 valence electrons. The highest BCUT2D eigenvalue weighted by molar-refractivity contribution is 5.48. The monoisotopic (exact) mass is 278 g/mol. The molecule has 0 radical (unpaired) electrons. The number of hydrogen-bond acceptors (Lipinski definition) is 5. The fraction of sp³-hybridized carbons (Fsp3) is 0.154. The van der Waals surface area contributed by atoms with E-state index >= 15 is 0 Å². The lowest BCUT2D eigenvalue weighted by Crippen LogP contribution is -2.00. The van der Waals surface area contributed by atoms with Crippen LogP contribution in [0.15, 0.2) is 36.5 Å². The Kier molecular flexibility index (Phi) is 3.90. The first-order chi connectivity index (χ1) is 9.49. The number of hydrogen-bond donors (Lipinski definition) is 1. The normalized spacial score (nSPS) is 11.9. The van der Waals surface area contributed by atoms with Gasteiger partial charge in [0, 0.05) is 11.8 Å². The van der Waals surface area contributed by atoms with Crippen molar-refractivity contribution in [1.29, 1.82) is 0 Å². The summed E-state index contributed by atoms with van der Waals surface area (Å²) in [5.74, 6) is -0.838. The van der Waals surface area contributed by atoms with Crippen molar-refractivity contribution in [2.75, 3.05) is 0 Å². The Morgan fingerprint density at radius 2 is 2.20 bits per heavy atom. The van der Waals surface area contributed by atoms with Crippen molar-refractivity contribution in [1.82, 2.24) is 4.98 Å². The molecule has 0 aliphatic carbocycles. The predicted molar refractivity (Wildman–Crippen MR) is 68.0 cm³/mol. The molecule has 0 unspecified atom stereocenters. The van der Waals surface area contributed by atoms with Gasteiger partial charge >= 0.3 is 5.69 Å². The number of halogens is 1. The van der Waals surface area contributed by atoms with Crippen LogP contribution in [-0.2, 0) is 0 Å². The topological polar surface area (TPSA) is 85.5 Å². The third-order valence-electron chi connectivity index (χ3n) is 2.57. The van der Waals surface area contributed by atoms with Gasteiger partial charge in [-0.05, 0) is 31.2 Å². The van der Waals surface area contributed by atoms with Gasteiger partial charge in [0.1, 0.15) is 5.82 Å². The number of ether oxygens (including phenoxy) is 1.